The van der Waals surface area contributed by atoms with Crippen molar-refractivity contribution in [2.75, 3.05) is 19.5 Å². The molecule has 0 amide bonds. The van der Waals surface area contributed by atoms with Crippen LogP contribution in [0.15, 0.2) is 46.1 Å². The first-order valence-electron chi connectivity index (χ1n) is 10.2. The minimum atomic E-state index is 0.162. The van der Waals surface area contributed by atoms with Gasteiger partial charge < -0.3 is 13.9 Å². The summed E-state index contributed by atoms with van der Waals surface area (Å²) in [4.78, 5) is 14.1. The Labute approximate surface area is 184 Å². The van der Waals surface area contributed by atoms with Crippen LogP contribution in [0.3, 0.4) is 0 Å². The van der Waals surface area contributed by atoms with Crippen LogP contribution >= 0.6 is 11.8 Å². The van der Waals surface area contributed by atoms with E-state index >= 15 is 0 Å². The van der Waals surface area contributed by atoms with Crippen molar-refractivity contribution < 1.29 is 13.9 Å². The molecule has 160 valence electrons. The molecular formula is C22H23N5O3S. The van der Waals surface area contributed by atoms with Crippen LogP contribution in [-0.4, -0.2) is 50.1 Å². The highest BCUT2D eigenvalue weighted by atomic mass is 32.2. The molecule has 4 aromatic heterocycles. The summed E-state index contributed by atoms with van der Waals surface area (Å²) in [6.07, 6.45) is 5.51. The Balaban J connectivity index is 1.42. The highest BCUT2D eigenvalue weighted by Gasteiger charge is 2.18. The van der Waals surface area contributed by atoms with Crippen molar-refractivity contribution in [2.24, 2.45) is 0 Å². The fourth-order valence-corrected chi connectivity index (χ4v) is 3.94. The van der Waals surface area contributed by atoms with E-state index in [1.54, 1.807) is 4.52 Å². The van der Waals surface area contributed by atoms with Gasteiger partial charge in [-0.05, 0) is 43.9 Å². The Hall–Kier alpha value is -2.75. The predicted octanol–water partition coefficient (Wildman–Crippen LogP) is 3.71. The number of pyridine rings is 1. The summed E-state index contributed by atoms with van der Waals surface area (Å²) >= 11 is 1.49. The highest BCUT2D eigenvalue weighted by molar-refractivity contribution is 7.98. The lowest BCUT2D eigenvalue weighted by molar-refractivity contribution is 0.0301. The molecule has 8 nitrogen and oxygen atoms in total. The van der Waals surface area contributed by atoms with Gasteiger partial charge in [-0.3, -0.25) is 4.98 Å². The van der Waals surface area contributed by atoms with Gasteiger partial charge in [-0.25, -0.2) is 4.98 Å². The maximum absolute atomic E-state index is 5.91. The van der Waals surface area contributed by atoms with Gasteiger partial charge in [-0.15, -0.1) is 0 Å². The third-order valence-electron chi connectivity index (χ3n) is 5.15. The van der Waals surface area contributed by atoms with Crippen molar-refractivity contribution in [3.8, 4) is 11.6 Å². The average molecular weight is 438 g/mol. The number of ether oxygens (including phenoxy) is 2. The molecule has 1 saturated heterocycles. The molecule has 5 heterocycles. The largest absolute Gasteiger partial charge is 0.458 e. The number of aryl methyl sites for hydroxylation is 1. The Morgan fingerprint density at radius 2 is 2.06 bits per heavy atom. The van der Waals surface area contributed by atoms with E-state index in [1.807, 2.05) is 49.7 Å². The topological polar surface area (TPSA) is 87.6 Å². The average Bonchev–Trinajstić information content (AvgIpc) is 3.54. The molecule has 0 bridgehead atoms. The number of rotatable bonds is 7. The molecule has 0 saturated carbocycles. The SMILES string of the molecule is CSc1nc(-c2ccc(C)o2)n2ncc(Cc3cccc(CO[C@H]4CCOC4)n3)c2n1. The van der Waals surface area contributed by atoms with Crippen molar-refractivity contribution >= 4 is 17.4 Å². The smallest absolute Gasteiger partial charge is 0.201 e. The quantitative estimate of drug-likeness (QED) is 0.405. The number of hydrogen-bond acceptors (Lipinski definition) is 8. The van der Waals surface area contributed by atoms with E-state index in [1.165, 1.54) is 11.8 Å². The molecule has 0 N–H and O–H groups in total. The zero-order chi connectivity index (χ0) is 21.2. The molecule has 0 radical (unpaired) electrons. The van der Waals surface area contributed by atoms with Gasteiger partial charge >= 0.3 is 0 Å². The van der Waals surface area contributed by atoms with Crippen molar-refractivity contribution in [2.45, 2.75) is 37.6 Å². The molecule has 5 rings (SSSR count). The lowest BCUT2D eigenvalue weighted by Gasteiger charge is -2.10. The summed E-state index contributed by atoms with van der Waals surface area (Å²) in [6, 6.07) is 9.84. The van der Waals surface area contributed by atoms with Gasteiger partial charge in [0.15, 0.2) is 16.6 Å². The molecule has 0 spiro atoms. The Morgan fingerprint density at radius 1 is 1.16 bits per heavy atom. The van der Waals surface area contributed by atoms with Crippen LogP contribution in [0, 0.1) is 6.92 Å². The van der Waals surface area contributed by atoms with Crippen molar-refractivity contribution in [1.29, 1.82) is 0 Å². The summed E-state index contributed by atoms with van der Waals surface area (Å²) in [7, 11) is 0. The summed E-state index contributed by atoms with van der Waals surface area (Å²) in [5.41, 5.74) is 3.59. The lowest BCUT2D eigenvalue weighted by Crippen LogP contribution is -2.12. The first kappa shape index (κ1) is 20.2. The van der Waals surface area contributed by atoms with Crippen LogP contribution in [0.2, 0.25) is 0 Å². The van der Waals surface area contributed by atoms with E-state index in [0.717, 1.165) is 41.4 Å². The molecular weight excluding hydrogens is 414 g/mol. The first-order chi connectivity index (χ1) is 15.2. The molecule has 0 aromatic carbocycles. The maximum atomic E-state index is 5.91. The van der Waals surface area contributed by atoms with Crippen LogP contribution in [-0.2, 0) is 22.5 Å². The molecule has 9 heteroatoms. The summed E-state index contributed by atoms with van der Waals surface area (Å²) in [5.74, 6) is 2.14. The number of fused-ring (bicyclic) bond motifs is 1. The number of nitrogens with zero attached hydrogens (tertiary/aromatic N) is 5. The number of furan rings is 1. The van der Waals surface area contributed by atoms with Gasteiger partial charge in [0.2, 0.25) is 5.82 Å². The van der Waals surface area contributed by atoms with E-state index in [4.69, 9.17) is 23.9 Å². The van der Waals surface area contributed by atoms with Crippen LogP contribution in [0.25, 0.3) is 17.2 Å². The predicted molar refractivity (Wildman–Crippen MR) is 116 cm³/mol. The fourth-order valence-electron chi connectivity index (χ4n) is 3.58. The zero-order valence-electron chi connectivity index (χ0n) is 17.4. The van der Waals surface area contributed by atoms with Crippen LogP contribution < -0.4 is 0 Å². The molecule has 1 fully saturated rings. The monoisotopic (exact) mass is 437 g/mol. The first-order valence-corrected chi connectivity index (χ1v) is 11.4. The van der Waals surface area contributed by atoms with Gasteiger partial charge in [0, 0.05) is 24.3 Å². The fraction of sp³-hybridized carbons (Fsp3) is 0.364. The molecule has 1 aliphatic rings. The maximum Gasteiger partial charge on any atom is 0.201 e. The third-order valence-corrected chi connectivity index (χ3v) is 5.70. The zero-order valence-corrected chi connectivity index (χ0v) is 18.3. The Morgan fingerprint density at radius 3 is 2.84 bits per heavy atom. The van der Waals surface area contributed by atoms with Gasteiger partial charge in [-0.2, -0.15) is 14.6 Å². The second kappa shape index (κ2) is 8.78. The summed E-state index contributed by atoms with van der Waals surface area (Å²) in [5, 5.41) is 5.22. The van der Waals surface area contributed by atoms with Crippen molar-refractivity contribution in [3.63, 3.8) is 0 Å². The normalized spacial score (nSPS) is 16.4. The highest BCUT2D eigenvalue weighted by Crippen LogP contribution is 2.25. The van der Waals surface area contributed by atoms with E-state index in [9.17, 15) is 0 Å². The van der Waals surface area contributed by atoms with Gasteiger partial charge in [0.25, 0.3) is 0 Å². The number of thioether (sulfide) groups is 1. The Kier molecular flexibility index (Phi) is 5.71. The van der Waals surface area contributed by atoms with E-state index in [-0.39, 0.29) is 6.10 Å². The summed E-state index contributed by atoms with van der Waals surface area (Å²) < 4.78 is 18.8. The molecule has 0 aliphatic carbocycles. The molecule has 31 heavy (non-hydrogen) atoms. The van der Waals surface area contributed by atoms with E-state index in [0.29, 0.717) is 36.4 Å². The van der Waals surface area contributed by atoms with Gasteiger partial charge in [0.1, 0.15) is 5.76 Å². The number of hydrogen-bond donors (Lipinski definition) is 0. The lowest BCUT2D eigenvalue weighted by atomic mass is 10.1. The van der Waals surface area contributed by atoms with Crippen molar-refractivity contribution in [1.82, 2.24) is 24.6 Å². The van der Waals surface area contributed by atoms with Crippen LogP contribution in [0.1, 0.15) is 29.1 Å². The van der Waals surface area contributed by atoms with Crippen LogP contribution in [0.4, 0.5) is 0 Å². The third kappa shape index (κ3) is 4.34. The summed E-state index contributed by atoms with van der Waals surface area (Å²) in [6.45, 7) is 3.83. The molecule has 1 atom stereocenters. The van der Waals surface area contributed by atoms with Gasteiger partial charge in [0.05, 0.1) is 31.2 Å². The second-order valence-corrected chi connectivity index (χ2v) is 8.22. The standard InChI is InChI=1S/C22H23N5O3S/c1-14-6-7-19(30-14)21-26-22(31-2)25-20-15(11-23-27(20)21)10-16-4-3-5-17(24-16)12-29-18-8-9-28-13-18/h3-7,11,18H,8-10,12-13H2,1-2H3/t18-/m0/s1. The molecule has 1 aliphatic heterocycles. The van der Waals surface area contributed by atoms with Crippen LogP contribution in [0.5, 0.6) is 0 Å². The second-order valence-electron chi connectivity index (χ2n) is 7.44. The van der Waals surface area contributed by atoms with E-state index in [2.05, 4.69) is 10.1 Å². The number of aromatic nitrogens is 5. The van der Waals surface area contributed by atoms with Gasteiger partial charge in [-0.1, -0.05) is 17.8 Å². The minimum Gasteiger partial charge on any atom is -0.458 e. The van der Waals surface area contributed by atoms with E-state index < -0.39 is 0 Å². The van der Waals surface area contributed by atoms with Crippen molar-refractivity contribution in [3.05, 3.63) is 59.2 Å². The Bertz CT molecular complexity index is 1200. The molecule has 0 unspecified atom stereocenters. The minimum absolute atomic E-state index is 0.162. The molecule has 4 aromatic rings.